The van der Waals surface area contributed by atoms with Crippen LogP contribution in [0.2, 0.25) is 0 Å². The fourth-order valence-corrected chi connectivity index (χ4v) is 1.93. The fourth-order valence-electron chi connectivity index (χ4n) is 1.06. The summed E-state index contributed by atoms with van der Waals surface area (Å²) in [6.07, 6.45) is 1.11. The number of thiophene rings is 1. The summed E-state index contributed by atoms with van der Waals surface area (Å²) in [6, 6.07) is 2.20. The molecule has 0 spiro atoms. The summed E-state index contributed by atoms with van der Waals surface area (Å²) in [5.74, 6) is 0. The zero-order valence-corrected chi connectivity index (χ0v) is 5.91. The Hall–Kier alpha value is -0.340. The molecular formula is C7H8OS. The Morgan fingerprint density at radius 2 is 2.56 bits per heavy atom. The van der Waals surface area contributed by atoms with Gasteiger partial charge in [0.25, 0.3) is 0 Å². The third-order valence-corrected chi connectivity index (χ3v) is 2.52. The molecule has 0 aromatic carbocycles. The van der Waals surface area contributed by atoms with Crippen LogP contribution in [0.25, 0.3) is 0 Å². The second kappa shape index (κ2) is 2.12. The molecule has 0 aliphatic carbocycles. The van der Waals surface area contributed by atoms with Gasteiger partial charge in [0.15, 0.2) is 0 Å². The van der Waals surface area contributed by atoms with Crippen molar-refractivity contribution in [1.29, 1.82) is 0 Å². The fraction of sp³-hybridized carbons (Fsp3) is 0.429. The molecule has 1 aromatic rings. The van der Waals surface area contributed by atoms with Crippen molar-refractivity contribution in [2.24, 2.45) is 0 Å². The smallest absolute Gasteiger partial charge is 0.0812 e. The maximum atomic E-state index is 5.26. The average molecular weight is 140 g/mol. The van der Waals surface area contributed by atoms with Crippen molar-refractivity contribution >= 4 is 11.3 Å². The van der Waals surface area contributed by atoms with Crippen LogP contribution in [0.1, 0.15) is 10.4 Å². The third kappa shape index (κ3) is 0.884. The van der Waals surface area contributed by atoms with E-state index in [-0.39, 0.29) is 0 Å². The van der Waals surface area contributed by atoms with Crippen LogP contribution >= 0.6 is 11.3 Å². The maximum absolute atomic E-state index is 5.26. The Bertz CT molecular complexity index is 184. The number of hydrogen-bond acceptors (Lipinski definition) is 2. The predicted molar refractivity (Wildman–Crippen MR) is 37.7 cm³/mol. The van der Waals surface area contributed by atoms with E-state index in [4.69, 9.17) is 4.74 Å². The molecule has 1 aliphatic heterocycles. The van der Waals surface area contributed by atoms with E-state index in [9.17, 15) is 0 Å². The first-order valence-corrected chi connectivity index (χ1v) is 3.98. The van der Waals surface area contributed by atoms with Crippen LogP contribution in [-0.2, 0) is 17.8 Å². The van der Waals surface area contributed by atoms with Crippen LogP contribution in [0, 0.1) is 0 Å². The van der Waals surface area contributed by atoms with Gasteiger partial charge in [-0.05, 0) is 23.4 Å². The molecule has 1 aromatic heterocycles. The van der Waals surface area contributed by atoms with Gasteiger partial charge in [0.2, 0.25) is 0 Å². The van der Waals surface area contributed by atoms with Gasteiger partial charge in [0.05, 0.1) is 13.2 Å². The number of hydrogen-bond donors (Lipinski definition) is 0. The van der Waals surface area contributed by atoms with Crippen molar-refractivity contribution in [3.63, 3.8) is 0 Å². The SMILES string of the molecule is c1cc2c(s1)COCC2. The predicted octanol–water partition coefficient (Wildman–Crippen LogP) is 1.82. The summed E-state index contributed by atoms with van der Waals surface area (Å²) in [7, 11) is 0. The van der Waals surface area contributed by atoms with Crippen molar-refractivity contribution < 1.29 is 4.74 Å². The summed E-state index contributed by atoms with van der Waals surface area (Å²) in [4.78, 5) is 1.42. The van der Waals surface area contributed by atoms with Gasteiger partial charge < -0.3 is 4.74 Å². The minimum atomic E-state index is 0.840. The third-order valence-electron chi connectivity index (χ3n) is 1.59. The van der Waals surface area contributed by atoms with Gasteiger partial charge in [-0.25, -0.2) is 0 Å². The molecule has 1 aliphatic rings. The molecule has 0 N–H and O–H groups in total. The highest BCUT2D eigenvalue weighted by Gasteiger charge is 2.08. The van der Waals surface area contributed by atoms with Gasteiger partial charge in [0, 0.05) is 4.88 Å². The Kier molecular flexibility index (Phi) is 1.28. The van der Waals surface area contributed by atoms with Crippen molar-refractivity contribution in [2.45, 2.75) is 13.0 Å². The molecule has 0 amide bonds. The highest BCUT2D eigenvalue weighted by Crippen LogP contribution is 2.21. The Morgan fingerprint density at radius 3 is 3.44 bits per heavy atom. The minimum Gasteiger partial charge on any atom is -0.376 e. The first-order valence-electron chi connectivity index (χ1n) is 3.10. The van der Waals surface area contributed by atoms with Crippen molar-refractivity contribution in [1.82, 2.24) is 0 Å². The quantitative estimate of drug-likeness (QED) is 0.534. The lowest BCUT2D eigenvalue weighted by molar-refractivity contribution is 0.113. The van der Waals surface area contributed by atoms with E-state index in [0.29, 0.717) is 0 Å². The molecule has 48 valence electrons. The summed E-state index contributed by atoms with van der Waals surface area (Å²) >= 11 is 1.80. The topological polar surface area (TPSA) is 9.23 Å². The normalized spacial score (nSPS) is 17.3. The standard InChI is InChI=1S/C7H8OS/c1-3-8-5-7-6(1)2-4-9-7/h2,4H,1,3,5H2. The highest BCUT2D eigenvalue weighted by molar-refractivity contribution is 7.10. The Morgan fingerprint density at radius 1 is 1.56 bits per heavy atom. The Balaban J connectivity index is 2.39. The van der Waals surface area contributed by atoms with Gasteiger partial charge in [-0.1, -0.05) is 0 Å². The van der Waals surface area contributed by atoms with E-state index in [1.165, 1.54) is 10.4 Å². The van der Waals surface area contributed by atoms with E-state index in [1.807, 2.05) is 0 Å². The zero-order chi connectivity index (χ0) is 6.10. The van der Waals surface area contributed by atoms with Gasteiger partial charge >= 0.3 is 0 Å². The summed E-state index contributed by atoms with van der Waals surface area (Å²) in [5, 5.41) is 2.14. The van der Waals surface area contributed by atoms with Crippen LogP contribution in [0.5, 0.6) is 0 Å². The van der Waals surface area contributed by atoms with E-state index in [1.54, 1.807) is 11.3 Å². The molecule has 2 heterocycles. The minimum absolute atomic E-state index is 0.840. The number of rotatable bonds is 0. The Labute approximate surface area is 58.3 Å². The van der Waals surface area contributed by atoms with E-state index in [0.717, 1.165) is 19.6 Å². The lowest BCUT2D eigenvalue weighted by Crippen LogP contribution is -2.05. The molecule has 0 radical (unpaired) electrons. The first-order chi connectivity index (χ1) is 4.47. The van der Waals surface area contributed by atoms with E-state index in [2.05, 4.69) is 11.4 Å². The molecule has 0 saturated carbocycles. The molecule has 1 nitrogen and oxygen atoms in total. The molecule has 2 rings (SSSR count). The monoisotopic (exact) mass is 140 g/mol. The van der Waals surface area contributed by atoms with Crippen LogP contribution < -0.4 is 0 Å². The van der Waals surface area contributed by atoms with Crippen molar-refractivity contribution in [2.75, 3.05) is 6.61 Å². The molecule has 0 atom stereocenters. The maximum Gasteiger partial charge on any atom is 0.0812 e. The molecular weight excluding hydrogens is 132 g/mol. The summed E-state index contributed by atoms with van der Waals surface area (Å²) in [5.41, 5.74) is 1.49. The van der Waals surface area contributed by atoms with Crippen molar-refractivity contribution in [3.8, 4) is 0 Å². The van der Waals surface area contributed by atoms with Gasteiger partial charge in [-0.2, -0.15) is 0 Å². The van der Waals surface area contributed by atoms with Gasteiger partial charge in [-0.3, -0.25) is 0 Å². The zero-order valence-electron chi connectivity index (χ0n) is 5.09. The largest absolute Gasteiger partial charge is 0.376 e. The average Bonchev–Trinajstić information content (AvgIpc) is 2.33. The van der Waals surface area contributed by atoms with Crippen LogP contribution in [-0.4, -0.2) is 6.61 Å². The molecule has 0 fully saturated rings. The number of ether oxygens (including phenoxy) is 1. The molecule has 0 unspecified atom stereocenters. The van der Waals surface area contributed by atoms with E-state index >= 15 is 0 Å². The molecule has 2 heteroatoms. The van der Waals surface area contributed by atoms with Crippen LogP contribution in [0.15, 0.2) is 11.4 Å². The van der Waals surface area contributed by atoms with Gasteiger partial charge in [0.1, 0.15) is 0 Å². The summed E-state index contributed by atoms with van der Waals surface area (Å²) < 4.78 is 5.26. The number of fused-ring (bicyclic) bond motifs is 1. The van der Waals surface area contributed by atoms with Crippen molar-refractivity contribution in [3.05, 3.63) is 21.9 Å². The van der Waals surface area contributed by atoms with E-state index < -0.39 is 0 Å². The molecule has 0 bridgehead atoms. The second-order valence-electron chi connectivity index (χ2n) is 2.17. The highest BCUT2D eigenvalue weighted by atomic mass is 32.1. The lowest BCUT2D eigenvalue weighted by Gasteiger charge is -2.10. The second-order valence-corrected chi connectivity index (χ2v) is 3.17. The lowest BCUT2D eigenvalue weighted by atomic mass is 10.2. The van der Waals surface area contributed by atoms with Crippen LogP contribution in [0.3, 0.4) is 0 Å². The van der Waals surface area contributed by atoms with Crippen LogP contribution in [0.4, 0.5) is 0 Å². The first kappa shape index (κ1) is 5.45. The summed E-state index contributed by atoms with van der Waals surface area (Å²) in [6.45, 7) is 1.75. The van der Waals surface area contributed by atoms with Gasteiger partial charge in [-0.15, -0.1) is 11.3 Å². The molecule has 9 heavy (non-hydrogen) atoms. The molecule has 0 saturated heterocycles.